The van der Waals surface area contributed by atoms with E-state index < -0.39 is 10.0 Å². The minimum atomic E-state index is -3.71. The Morgan fingerprint density at radius 3 is 2.22 bits per heavy atom. The third-order valence-electron chi connectivity index (χ3n) is 3.99. The van der Waals surface area contributed by atoms with Crippen LogP contribution in [0, 0.1) is 0 Å². The van der Waals surface area contributed by atoms with E-state index in [9.17, 15) is 18.0 Å². The van der Waals surface area contributed by atoms with Crippen LogP contribution in [0.1, 0.15) is 30.5 Å². The van der Waals surface area contributed by atoms with E-state index in [0.717, 1.165) is 11.1 Å². The predicted octanol–water partition coefficient (Wildman–Crippen LogP) is 1.26. The van der Waals surface area contributed by atoms with E-state index in [1.807, 2.05) is 37.3 Å². The highest BCUT2D eigenvalue weighted by Gasteiger charge is 2.13. The molecular weight excluding hydrogens is 366 g/mol. The molecule has 7 nitrogen and oxygen atoms in total. The summed E-state index contributed by atoms with van der Waals surface area (Å²) < 4.78 is 22.4. The van der Waals surface area contributed by atoms with Gasteiger partial charge in [0.15, 0.2) is 0 Å². The standard InChI is InChI=1S/C19H23N3O4S/c1-14(16-5-3-2-4-6-16)22-19(24)13-18(23)21-12-11-15-7-9-17(10-8-15)27(20,25)26/h2-10,14H,11-13H2,1H3,(H,21,23)(H,22,24)(H2,20,25,26). The fraction of sp³-hybridized carbons (Fsp3) is 0.263. The number of nitrogens with two attached hydrogens (primary N) is 1. The van der Waals surface area contributed by atoms with Crippen molar-refractivity contribution in [1.82, 2.24) is 10.6 Å². The number of hydrogen-bond donors (Lipinski definition) is 3. The van der Waals surface area contributed by atoms with E-state index >= 15 is 0 Å². The molecule has 0 fully saturated rings. The number of carbonyl (C=O) groups excluding carboxylic acids is 2. The van der Waals surface area contributed by atoms with Crippen LogP contribution in [-0.4, -0.2) is 26.8 Å². The number of benzene rings is 2. The molecule has 1 atom stereocenters. The number of rotatable bonds is 8. The van der Waals surface area contributed by atoms with E-state index in [-0.39, 0.29) is 29.2 Å². The van der Waals surface area contributed by atoms with E-state index in [1.54, 1.807) is 12.1 Å². The molecule has 27 heavy (non-hydrogen) atoms. The summed E-state index contributed by atoms with van der Waals surface area (Å²) in [4.78, 5) is 23.9. The van der Waals surface area contributed by atoms with Crippen LogP contribution in [-0.2, 0) is 26.0 Å². The van der Waals surface area contributed by atoms with Gasteiger partial charge in [0.2, 0.25) is 21.8 Å². The van der Waals surface area contributed by atoms with Gasteiger partial charge >= 0.3 is 0 Å². The number of sulfonamides is 1. The van der Waals surface area contributed by atoms with Gasteiger partial charge in [0.1, 0.15) is 6.42 Å². The summed E-state index contributed by atoms with van der Waals surface area (Å²) in [6, 6.07) is 15.4. The van der Waals surface area contributed by atoms with Gasteiger partial charge in [-0.2, -0.15) is 0 Å². The number of carbonyl (C=O) groups is 2. The first-order chi connectivity index (χ1) is 12.8. The molecule has 0 saturated heterocycles. The maximum absolute atomic E-state index is 12.0. The van der Waals surface area contributed by atoms with Crippen molar-refractivity contribution in [3.63, 3.8) is 0 Å². The predicted molar refractivity (Wildman–Crippen MR) is 102 cm³/mol. The molecule has 2 rings (SSSR count). The molecule has 0 spiro atoms. The first kappa shape index (κ1) is 20.6. The summed E-state index contributed by atoms with van der Waals surface area (Å²) >= 11 is 0. The molecule has 2 amide bonds. The molecule has 0 aliphatic heterocycles. The number of primary sulfonamides is 1. The third-order valence-corrected chi connectivity index (χ3v) is 4.92. The second-order valence-electron chi connectivity index (χ2n) is 6.17. The van der Waals surface area contributed by atoms with Crippen molar-refractivity contribution in [2.45, 2.75) is 30.7 Å². The fourth-order valence-electron chi connectivity index (χ4n) is 2.52. The summed E-state index contributed by atoms with van der Waals surface area (Å²) in [6.45, 7) is 2.20. The van der Waals surface area contributed by atoms with Gasteiger partial charge in [0, 0.05) is 6.54 Å². The van der Waals surface area contributed by atoms with Crippen molar-refractivity contribution >= 4 is 21.8 Å². The van der Waals surface area contributed by atoms with Crippen molar-refractivity contribution < 1.29 is 18.0 Å². The minimum Gasteiger partial charge on any atom is -0.355 e. The highest BCUT2D eigenvalue weighted by Crippen LogP contribution is 2.11. The van der Waals surface area contributed by atoms with Gasteiger partial charge in [-0.25, -0.2) is 13.6 Å². The van der Waals surface area contributed by atoms with Crippen molar-refractivity contribution in [3.8, 4) is 0 Å². The molecule has 0 aliphatic carbocycles. The van der Waals surface area contributed by atoms with Crippen LogP contribution in [0.15, 0.2) is 59.5 Å². The SMILES string of the molecule is CC(NC(=O)CC(=O)NCCc1ccc(S(N)(=O)=O)cc1)c1ccccc1. The summed E-state index contributed by atoms with van der Waals surface area (Å²) in [5, 5.41) is 10.5. The highest BCUT2D eigenvalue weighted by molar-refractivity contribution is 7.89. The zero-order valence-electron chi connectivity index (χ0n) is 15.0. The molecule has 1 unspecified atom stereocenters. The lowest BCUT2D eigenvalue weighted by Crippen LogP contribution is -2.34. The lowest BCUT2D eigenvalue weighted by atomic mass is 10.1. The smallest absolute Gasteiger partial charge is 0.238 e. The first-order valence-corrected chi connectivity index (χ1v) is 10.0. The lowest BCUT2D eigenvalue weighted by Gasteiger charge is -2.14. The largest absolute Gasteiger partial charge is 0.355 e. The molecule has 0 aliphatic rings. The second-order valence-corrected chi connectivity index (χ2v) is 7.73. The molecular formula is C19H23N3O4S. The van der Waals surface area contributed by atoms with Crippen LogP contribution in [0.4, 0.5) is 0 Å². The summed E-state index contributed by atoms with van der Waals surface area (Å²) in [7, 11) is -3.71. The Bertz CT molecular complexity index is 881. The monoisotopic (exact) mass is 389 g/mol. The number of amides is 2. The summed E-state index contributed by atoms with van der Waals surface area (Å²) in [6.07, 6.45) is 0.264. The molecule has 0 bridgehead atoms. The van der Waals surface area contributed by atoms with Gasteiger partial charge in [-0.15, -0.1) is 0 Å². The van der Waals surface area contributed by atoms with E-state index in [2.05, 4.69) is 10.6 Å². The van der Waals surface area contributed by atoms with Crippen molar-refractivity contribution in [1.29, 1.82) is 0 Å². The van der Waals surface area contributed by atoms with Gasteiger partial charge in [0.05, 0.1) is 10.9 Å². The molecule has 4 N–H and O–H groups in total. The molecule has 0 heterocycles. The maximum Gasteiger partial charge on any atom is 0.238 e. The van der Waals surface area contributed by atoms with Crippen LogP contribution in [0.2, 0.25) is 0 Å². The Morgan fingerprint density at radius 2 is 1.63 bits per heavy atom. The van der Waals surface area contributed by atoms with Gasteiger partial charge < -0.3 is 10.6 Å². The Balaban J connectivity index is 1.73. The summed E-state index contributed by atoms with van der Waals surface area (Å²) in [5.41, 5.74) is 1.82. The second kappa shape index (κ2) is 9.29. The molecule has 144 valence electrons. The van der Waals surface area contributed by atoms with Crippen LogP contribution in [0.5, 0.6) is 0 Å². The average molecular weight is 389 g/mol. The number of nitrogens with one attached hydrogen (secondary N) is 2. The van der Waals surface area contributed by atoms with Crippen molar-refractivity contribution in [2.75, 3.05) is 6.54 Å². The Labute approximate surface area is 159 Å². The summed E-state index contributed by atoms with van der Waals surface area (Å²) in [5.74, 6) is -0.713. The molecule has 8 heteroatoms. The fourth-order valence-corrected chi connectivity index (χ4v) is 3.03. The minimum absolute atomic E-state index is 0.0412. The molecule has 0 aromatic heterocycles. The topological polar surface area (TPSA) is 118 Å². The van der Waals surface area contributed by atoms with E-state index in [1.165, 1.54) is 12.1 Å². The van der Waals surface area contributed by atoms with E-state index in [4.69, 9.17) is 5.14 Å². The average Bonchev–Trinajstić information content (AvgIpc) is 2.62. The molecule has 2 aromatic carbocycles. The van der Waals surface area contributed by atoms with Gasteiger partial charge in [-0.05, 0) is 36.6 Å². The molecule has 2 aromatic rings. The zero-order valence-corrected chi connectivity index (χ0v) is 15.8. The number of hydrogen-bond acceptors (Lipinski definition) is 4. The van der Waals surface area contributed by atoms with Gasteiger partial charge in [0.25, 0.3) is 0 Å². The lowest BCUT2D eigenvalue weighted by molar-refractivity contribution is -0.129. The third kappa shape index (κ3) is 6.84. The maximum atomic E-state index is 12.0. The Kier molecular flexibility index (Phi) is 7.09. The van der Waals surface area contributed by atoms with Crippen molar-refractivity contribution in [2.24, 2.45) is 5.14 Å². The molecule has 0 radical (unpaired) electrons. The zero-order chi connectivity index (χ0) is 19.9. The molecule has 0 saturated carbocycles. The normalized spacial score (nSPS) is 12.2. The van der Waals surface area contributed by atoms with Gasteiger partial charge in [-0.3, -0.25) is 9.59 Å². The van der Waals surface area contributed by atoms with Gasteiger partial charge in [-0.1, -0.05) is 42.5 Å². The Morgan fingerprint density at radius 1 is 1.00 bits per heavy atom. The van der Waals surface area contributed by atoms with Crippen molar-refractivity contribution in [3.05, 3.63) is 65.7 Å². The van der Waals surface area contributed by atoms with Crippen LogP contribution >= 0.6 is 0 Å². The first-order valence-electron chi connectivity index (χ1n) is 8.48. The van der Waals surface area contributed by atoms with Crippen LogP contribution in [0.3, 0.4) is 0 Å². The highest BCUT2D eigenvalue weighted by atomic mass is 32.2. The van der Waals surface area contributed by atoms with E-state index in [0.29, 0.717) is 13.0 Å². The Hall–Kier alpha value is -2.71. The quantitative estimate of drug-likeness (QED) is 0.589. The van der Waals surface area contributed by atoms with Crippen LogP contribution in [0.25, 0.3) is 0 Å². The van der Waals surface area contributed by atoms with Crippen LogP contribution < -0.4 is 15.8 Å².